The first kappa shape index (κ1) is 21.2. The number of hydrogen-bond donors (Lipinski definition) is 2. The van der Waals surface area contributed by atoms with Crippen LogP contribution < -0.4 is 10.6 Å². The Balaban J connectivity index is 1.91. The van der Waals surface area contributed by atoms with Crippen LogP contribution in [0.3, 0.4) is 0 Å². The number of guanidine groups is 1. The van der Waals surface area contributed by atoms with E-state index < -0.39 is 0 Å². The molecule has 0 unspecified atom stereocenters. The molecule has 6 heteroatoms. The van der Waals surface area contributed by atoms with Crippen LogP contribution in [0, 0.1) is 5.92 Å². The third-order valence-corrected chi connectivity index (χ3v) is 4.94. The Morgan fingerprint density at radius 2 is 1.81 bits per heavy atom. The molecule has 0 spiro atoms. The van der Waals surface area contributed by atoms with Crippen molar-refractivity contribution in [2.45, 2.75) is 39.3 Å². The lowest BCUT2D eigenvalue weighted by Gasteiger charge is -2.34. The summed E-state index contributed by atoms with van der Waals surface area (Å²) < 4.78 is 0. The Morgan fingerprint density at radius 1 is 1.19 bits per heavy atom. The van der Waals surface area contributed by atoms with Gasteiger partial charge in [0.05, 0.1) is 6.54 Å². The highest BCUT2D eigenvalue weighted by atomic mass is 16.1. The molecular formula is C21H35N5O. The first-order valence-corrected chi connectivity index (χ1v) is 9.98. The van der Waals surface area contributed by atoms with E-state index >= 15 is 0 Å². The molecule has 27 heavy (non-hydrogen) atoms. The van der Waals surface area contributed by atoms with Gasteiger partial charge in [-0.25, -0.2) is 4.99 Å². The van der Waals surface area contributed by atoms with E-state index in [4.69, 9.17) is 4.99 Å². The van der Waals surface area contributed by atoms with Crippen LogP contribution >= 0.6 is 0 Å². The summed E-state index contributed by atoms with van der Waals surface area (Å²) in [6.45, 7) is 6.51. The summed E-state index contributed by atoms with van der Waals surface area (Å²) in [5.41, 5.74) is 2.54. The second-order valence-electron chi connectivity index (χ2n) is 7.53. The monoisotopic (exact) mass is 373 g/mol. The molecule has 0 aliphatic carbocycles. The zero-order chi connectivity index (χ0) is 19.6. The van der Waals surface area contributed by atoms with Crippen molar-refractivity contribution >= 4 is 11.9 Å². The Morgan fingerprint density at radius 3 is 2.37 bits per heavy atom. The highest BCUT2D eigenvalue weighted by Gasteiger charge is 2.23. The van der Waals surface area contributed by atoms with Gasteiger partial charge in [-0.2, -0.15) is 0 Å². The van der Waals surface area contributed by atoms with Gasteiger partial charge in [-0.3, -0.25) is 4.79 Å². The van der Waals surface area contributed by atoms with E-state index in [2.05, 4.69) is 65.7 Å². The minimum absolute atomic E-state index is 0.145. The summed E-state index contributed by atoms with van der Waals surface area (Å²) in [6, 6.07) is 8.70. The van der Waals surface area contributed by atoms with Crippen LogP contribution in [-0.4, -0.2) is 62.4 Å². The molecule has 1 saturated heterocycles. The number of carbonyl (C=O) groups excluding carboxylic acids is 1. The van der Waals surface area contributed by atoms with E-state index in [-0.39, 0.29) is 5.91 Å². The molecule has 0 bridgehead atoms. The number of hydrogen-bond acceptors (Lipinski definition) is 3. The maximum Gasteiger partial charge on any atom is 0.220 e. The van der Waals surface area contributed by atoms with E-state index in [9.17, 15) is 4.79 Å². The molecule has 1 fully saturated rings. The predicted molar refractivity (Wildman–Crippen MR) is 112 cm³/mol. The average Bonchev–Trinajstić information content (AvgIpc) is 2.66. The summed E-state index contributed by atoms with van der Waals surface area (Å²) in [6.07, 6.45) is 2.71. The lowest BCUT2D eigenvalue weighted by atomic mass is 9.93. The van der Waals surface area contributed by atoms with Gasteiger partial charge in [-0.15, -0.1) is 0 Å². The van der Waals surface area contributed by atoms with Crippen molar-refractivity contribution in [1.29, 1.82) is 0 Å². The molecule has 1 aromatic carbocycles. The highest BCUT2D eigenvalue weighted by molar-refractivity contribution is 5.80. The summed E-state index contributed by atoms with van der Waals surface area (Å²) in [7, 11) is 5.87. The van der Waals surface area contributed by atoms with Crippen LogP contribution in [-0.2, 0) is 17.9 Å². The fourth-order valence-corrected chi connectivity index (χ4v) is 3.42. The van der Waals surface area contributed by atoms with E-state index in [0.717, 1.165) is 45.0 Å². The van der Waals surface area contributed by atoms with E-state index in [1.165, 1.54) is 11.1 Å². The standard InChI is InChI=1S/C21H35N5O/c1-5-23-21(26-12-10-17(11-13-26)14-20(27)22-2)24-15-18-6-8-19(9-7-18)16-25(3)4/h6-9,17H,5,10-16H2,1-4H3,(H,22,27)(H,23,24). The summed E-state index contributed by atoms with van der Waals surface area (Å²) in [5.74, 6) is 1.60. The number of amides is 1. The lowest BCUT2D eigenvalue weighted by Crippen LogP contribution is -2.46. The maximum absolute atomic E-state index is 11.6. The van der Waals surface area contributed by atoms with Crippen LogP contribution in [0.25, 0.3) is 0 Å². The van der Waals surface area contributed by atoms with Crippen molar-refractivity contribution in [3.8, 4) is 0 Å². The Bertz CT molecular complexity index is 604. The Kier molecular flexibility index (Phi) is 8.58. The van der Waals surface area contributed by atoms with Gasteiger partial charge in [0, 0.05) is 39.6 Å². The van der Waals surface area contributed by atoms with Crippen LogP contribution in [0.4, 0.5) is 0 Å². The van der Waals surface area contributed by atoms with E-state index in [1.807, 2.05) is 0 Å². The molecule has 1 heterocycles. The van der Waals surface area contributed by atoms with Crippen LogP contribution in [0.15, 0.2) is 29.3 Å². The lowest BCUT2D eigenvalue weighted by molar-refractivity contribution is -0.121. The minimum atomic E-state index is 0.145. The van der Waals surface area contributed by atoms with Gasteiger partial charge in [0.2, 0.25) is 5.91 Å². The van der Waals surface area contributed by atoms with Crippen LogP contribution in [0.5, 0.6) is 0 Å². The second-order valence-corrected chi connectivity index (χ2v) is 7.53. The first-order valence-electron chi connectivity index (χ1n) is 9.98. The van der Waals surface area contributed by atoms with Crippen molar-refractivity contribution in [3.63, 3.8) is 0 Å². The number of benzene rings is 1. The number of carbonyl (C=O) groups is 1. The van der Waals surface area contributed by atoms with Crippen molar-refractivity contribution in [1.82, 2.24) is 20.4 Å². The molecule has 0 aromatic heterocycles. The summed E-state index contributed by atoms with van der Waals surface area (Å²) in [5, 5.41) is 6.14. The van der Waals surface area contributed by atoms with Gasteiger partial charge < -0.3 is 20.4 Å². The largest absolute Gasteiger partial charge is 0.359 e. The number of nitrogens with one attached hydrogen (secondary N) is 2. The maximum atomic E-state index is 11.6. The van der Waals surface area contributed by atoms with Gasteiger partial charge in [0.25, 0.3) is 0 Å². The third-order valence-electron chi connectivity index (χ3n) is 4.94. The number of rotatable bonds is 7. The Labute approximate surface area is 164 Å². The predicted octanol–water partition coefficient (Wildman–Crippen LogP) is 2.06. The number of aliphatic imine (C=N–C) groups is 1. The zero-order valence-electron chi connectivity index (χ0n) is 17.3. The van der Waals surface area contributed by atoms with Gasteiger partial charge in [0.1, 0.15) is 0 Å². The molecule has 0 radical (unpaired) electrons. The third kappa shape index (κ3) is 7.21. The molecule has 1 aliphatic rings. The van der Waals surface area contributed by atoms with Crippen molar-refractivity contribution in [2.75, 3.05) is 40.8 Å². The van der Waals surface area contributed by atoms with Gasteiger partial charge in [0.15, 0.2) is 5.96 Å². The fourth-order valence-electron chi connectivity index (χ4n) is 3.42. The van der Waals surface area contributed by atoms with E-state index in [1.54, 1.807) is 7.05 Å². The highest BCUT2D eigenvalue weighted by Crippen LogP contribution is 2.20. The van der Waals surface area contributed by atoms with Crippen molar-refractivity contribution < 1.29 is 4.79 Å². The fraction of sp³-hybridized carbons (Fsp3) is 0.619. The SMILES string of the molecule is CCNC(=NCc1ccc(CN(C)C)cc1)N1CCC(CC(=O)NC)CC1. The summed E-state index contributed by atoms with van der Waals surface area (Å²) >= 11 is 0. The zero-order valence-corrected chi connectivity index (χ0v) is 17.3. The van der Waals surface area contributed by atoms with E-state index in [0.29, 0.717) is 18.9 Å². The molecule has 150 valence electrons. The molecule has 0 atom stereocenters. The smallest absolute Gasteiger partial charge is 0.220 e. The average molecular weight is 374 g/mol. The van der Waals surface area contributed by atoms with Crippen molar-refractivity contribution in [2.24, 2.45) is 10.9 Å². The van der Waals surface area contributed by atoms with Gasteiger partial charge in [-0.05, 0) is 50.9 Å². The molecule has 0 saturated carbocycles. The van der Waals surface area contributed by atoms with Crippen LogP contribution in [0.2, 0.25) is 0 Å². The minimum Gasteiger partial charge on any atom is -0.359 e. The normalized spacial score (nSPS) is 15.9. The molecular weight excluding hydrogens is 338 g/mol. The topological polar surface area (TPSA) is 60.0 Å². The molecule has 2 N–H and O–H groups in total. The van der Waals surface area contributed by atoms with Gasteiger partial charge in [-0.1, -0.05) is 24.3 Å². The molecule has 1 amide bonds. The number of piperidine rings is 1. The molecule has 2 rings (SSSR count). The molecule has 6 nitrogen and oxygen atoms in total. The number of nitrogens with zero attached hydrogens (tertiary/aromatic N) is 3. The molecule has 1 aliphatic heterocycles. The first-order chi connectivity index (χ1) is 13.0. The number of likely N-dealkylation sites (tertiary alicyclic amines) is 1. The van der Waals surface area contributed by atoms with Crippen LogP contribution in [0.1, 0.15) is 37.3 Å². The summed E-state index contributed by atoms with van der Waals surface area (Å²) in [4.78, 5) is 20.9. The quantitative estimate of drug-likeness (QED) is 0.567. The Hall–Kier alpha value is -2.08. The second kappa shape index (κ2) is 10.9. The van der Waals surface area contributed by atoms with Crippen molar-refractivity contribution in [3.05, 3.63) is 35.4 Å². The van der Waals surface area contributed by atoms with Gasteiger partial charge >= 0.3 is 0 Å². The molecule has 1 aromatic rings.